The molecule has 0 fully saturated rings. The summed E-state index contributed by atoms with van der Waals surface area (Å²) in [5, 5.41) is 0. The van der Waals surface area contributed by atoms with Crippen molar-refractivity contribution in [1.29, 1.82) is 0 Å². The van der Waals surface area contributed by atoms with Crippen molar-refractivity contribution in [2.75, 3.05) is 18.5 Å². The van der Waals surface area contributed by atoms with Gasteiger partial charge in [-0.05, 0) is 36.2 Å². The average Bonchev–Trinajstić information content (AvgIpc) is 2.90. The molecule has 0 amide bonds. The molecule has 0 aliphatic heterocycles. The van der Waals surface area contributed by atoms with E-state index in [-0.39, 0.29) is 0 Å². The van der Waals surface area contributed by atoms with Gasteiger partial charge < -0.3 is 9.32 Å². The average molecular weight is 253 g/mol. The second-order valence-corrected chi connectivity index (χ2v) is 4.49. The summed E-state index contributed by atoms with van der Waals surface area (Å²) in [5.74, 6) is 0. The normalized spacial score (nSPS) is 10.8. The lowest BCUT2D eigenvalue weighted by atomic mass is 10.2. The molecule has 2 heterocycles. The van der Waals surface area contributed by atoms with Crippen LogP contribution in [0.5, 0.6) is 0 Å². The summed E-state index contributed by atoms with van der Waals surface area (Å²) in [4.78, 5) is 10.5. The van der Waals surface area contributed by atoms with E-state index in [0.29, 0.717) is 6.01 Å². The van der Waals surface area contributed by atoms with Crippen molar-refractivity contribution in [3.05, 3.63) is 54.4 Å². The number of hydrogen-bond acceptors (Lipinski definition) is 4. The van der Waals surface area contributed by atoms with Crippen LogP contribution in [0.25, 0.3) is 11.1 Å². The Morgan fingerprint density at radius 1 is 1.11 bits per heavy atom. The first-order valence-electron chi connectivity index (χ1n) is 6.28. The van der Waals surface area contributed by atoms with E-state index in [1.807, 2.05) is 60.7 Å². The molecule has 0 bridgehead atoms. The van der Waals surface area contributed by atoms with Gasteiger partial charge in [-0.25, -0.2) is 0 Å². The highest BCUT2D eigenvalue weighted by Crippen LogP contribution is 2.20. The molecular formula is C15H15N3O. The van der Waals surface area contributed by atoms with Crippen molar-refractivity contribution in [2.45, 2.75) is 6.42 Å². The monoisotopic (exact) mass is 253 g/mol. The third kappa shape index (κ3) is 2.57. The lowest BCUT2D eigenvalue weighted by molar-refractivity contribution is 0.583. The van der Waals surface area contributed by atoms with Crippen molar-refractivity contribution in [3.63, 3.8) is 0 Å². The standard InChI is InChI=1S/C15H15N3O/c1-18(11-8-12-6-9-16-10-7-12)15-17-13-4-2-3-5-14(13)19-15/h2-7,9-10H,8,11H2,1H3. The Morgan fingerprint density at radius 2 is 1.89 bits per heavy atom. The van der Waals surface area contributed by atoms with Crippen molar-refractivity contribution < 1.29 is 4.42 Å². The number of para-hydroxylation sites is 2. The largest absolute Gasteiger partial charge is 0.423 e. The minimum absolute atomic E-state index is 0.662. The summed E-state index contributed by atoms with van der Waals surface area (Å²) in [6.07, 6.45) is 4.57. The molecule has 0 aliphatic carbocycles. The number of likely N-dealkylation sites (N-methyl/N-ethyl adjacent to an activating group) is 1. The van der Waals surface area contributed by atoms with Crippen LogP contribution in [-0.2, 0) is 6.42 Å². The van der Waals surface area contributed by atoms with E-state index in [1.54, 1.807) is 0 Å². The quantitative estimate of drug-likeness (QED) is 0.717. The predicted molar refractivity (Wildman–Crippen MR) is 75.2 cm³/mol. The highest BCUT2D eigenvalue weighted by molar-refractivity contribution is 5.74. The maximum Gasteiger partial charge on any atom is 0.298 e. The number of rotatable bonds is 4. The predicted octanol–water partition coefficient (Wildman–Crippen LogP) is 2.90. The molecule has 0 saturated carbocycles. The highest BCUT2D eigenvalue weighted by atomic mass is 16.4. The first-order valence-corrected chi connectivity index (χ1v) is 6.28. The third-order valence-electron chi connectivity index (χ3n) is 3.09. The van der Waals surface area contributed by atoms with E-state index in [4.69, 9.17) is 4.42 Å². The summed E-state index contributed by atoms with van der Waals surface area (Å²) in [6, 6.07) is 12.5. The molecule has 3 rings (SSSR count). The number of pyridine rings is 1. The van der Waals surface area contributed by atoms with Crippen molar-refractivity contribution in [3.8, 4) is 0 Å². The fraction of sp³-hybridized carbons (Fsp3) is 0.200. The molecule has 0 spiro atoms. The van der Waals surface area contributed by atoms with Gasteiger partial charge in [0.05, 0.1) is 0 Å². The molecule has 0 atom stereocenters. The van der Waals surface area contributed by atoms with Crippen molar-refractivity contribution in [2.24, 2.45) is 0 Å². The van der Waals surface area contributed by atoms with E-state index in [1.165, 1.54) is 5.56 Å². The number of fused-ring (bicyclic) bond motifs is 1. The molecular weight excluding hydrogens is 238 g/mol. The Bertz CT molecular complexity index is 630. The van der Waals surface area contributed by atoms with Crippen LogP contribution in [0.1, 0.15) is 5.56 Å². The Kier molecular flexibility index (Phi) is 3.14. The molecule has 2 aromatic heterocycles. The molecule has 3 aromatic rings. The number of nitrogens with zero attached hydrogens (tertiary/aromatic N) is 3. The second kappa shape index (κ2) is 5.10. The third-order valence-corrected chi connectivity index (χ3v) is 3.09. The molecule has 19 heavy (non-hydrogen) atoms. The molecule has 0 radical (unpaired) electrons. The maximum atomic E-state index is 5.72. The van der Waals surface area contributed by atoms with Gasteiger partial charge in [-0.15, -0.1) is 0 Å². The van der Waals surface area contributed by atoms with Crippen LogP contribution >= 0.6 is 0 Å². The second-order valence-electron chi connectivity index (χ2n) is 4.49. The molecule has 0 unspecified atom stereocenters. The highest BCUT2D eigenvalue weighted by Gasteiger charge is 2.09. The van der Waals surface area contributed by atoms with E-state index < -0.39 is 0 Å². The van der Waals surface area contributed by atoms with Crippen LogP contribution in [-0.4, -0.2) is 23.6 Å². The first kappa shape index (κ1) is 11.7. The molecule has 4 heteroatoms. The molecule has 96 valence electrons. The summed E-state index contributed by atoms with van der Waals surface area (Å²) >= 11 is 0. The summed E-state index contributed by atoms with van der Waals surface area (Å²) in [7, 11) is 1.99. The summed E-state index contributed by atoms with van der Waals surface area (Å²) < 4.78 is 5.72. The molecule has 0 N–H and O–H groups in total. The smallest absolute Gasteiger partial charge is 0.298 e. The van der Waals surface area contributed by atoms with Crippen LogP contribution in [0.3, 0.4) is 0 Å². The molecule has 1 aromatic carbocycles. The first-order chi connectivity index (χ1) is 9.33. The van der Waals surface area contributed by atoms with Gasteiger partial charge in [-0.2, -0.15) is 4.98 Å². The zero-order valence-corrected chi connectivity index (χ0v) is 10.8. The topological polar surface area (TPSA) is 42.2 Å². The number of benzene rings is 1. The fourth-order valence-electron chi connectivity index (χ4n) is 1.97. The fourth-order valence-corrected chi connectivity index (χ4v) is 1.97. The lowest BCUT2D eigenvalue weighted by Crippen LogP contribution is -2.20. The van der Waals surface area contributed by atoms with Gasteiger partial charge in [0, 0.05) is 26.0 Å². The van der Waals surface area contributed by atoms with Gasteiger partial charge in [-0.1, -0.05) is 12.1 Å². The maximum absolute atomic E-state index is 5.72. The zero-order chi connectivity index (χ0) is 13.1. The Hall–Kier alpha value is -2.36. The van der Waals surface area contributed by atoms with Gasteiger partial charge in [0.1, 0.15) is 5.52 Å². The zero-order valence-electron chi connectivity index (χ0n) is 10.8. The Morgan fingerprint density at radius 3 is 2.68 bits per heavy atom. The van der Waals surface area contributed by atoms with Gasteiger partial charge in [0.15, 0.2) is 5.58 Å². The Balaban J connectivity index is 1.71. The van der Waals surface area contributed by atoms with Gasteiger partial charge in [-0.3, -0.25) is 4.98 Å². The van der Waals surface area contributed by atoms with Crippen LogP contribution in [0.15, 0.2) is 53.2 Å². The van der Waals surface area contributed by atoms with Gasteiger partial charge in [0.2, 0.25) is 0 Å². The number of aromatic nitrogens is 2. The minimum atomic E-state index is 0.662. The molecule has 0 aliphatic rings. The van der Waals surface area contributed by atoms with Gasteiger partial charge >= 0.3 is 0 Å². The van der Waals surface area contributed by atoms with E-state index >= 15 is 0 Å². The summed E-state index contributed by atoms with van der Waals surface area (Å²) in [5.41, 5.74) is 2.99. The minimum Gasteiger partial charge on any atom is -0.423 e. The SMILES string of the molecule is CN(CCc1ccncc1)c1nc2ccccc2o1. The number of oxazole rings is 1. The van der Waals surface area contributed by atoms with Crippen LogP contribution in [0, 0.1) is 0 Å². The Labute approximate surface area is 111 Å². The van der Waals surface area contributed by atoms with Crippen molar-refractivity contribution >= 4 is 17.1 Å². The lowest BCUT2D eigenvalue weighted by Gasteiger charge is -2.13. The molecule has 0 saturated heterocycles. The van der Waals surface area contributed by atoms with E-state index in [2.05, 4.69) is 9.97 Å². The number of hydrogen-bond donors (Lipinski definition) is 0. The summed E-state index contributed by atoms with van der Waals surface area (Å²) in [6.45, 7) is 0.858. The number of anilines is 1. The van der Waals surface area contributed by atoms with Crippen LogP contribution < -0.4 is 4.90 Å². The van der Waals surface area contributed by atoms with Crippen LogP contribution in [0.4, 0.5) is 6.01 Å². The molecule has 4 nitrogen and oxygen atoms in total. The van der Waals surface area contributed by atoms with Gasteiger partial charge in [0.25, 0.3) is 6.01 Å². The van der Waals surface area contributed by atoms with Crippen LogP contribution in [0.2, 0.25) is 0 Å². The van der Waals surface area contributed by atoms with Crippen molar-refractivity contribution in [1.82, 2.24) is 9.97 Å². The van der Waals surface area contributed by atoms with E-state index in [9.17, 15) is 0 Å². The van der Waals surface area contributed by atoms with E-state index in [0.717, 1.165) is 24.1 Å².